The van der Waals surface area contributed by atoms with E-state index in [1.165, 1.54) is 6.07 Å². The number of hydrogen-bond donors (Lipinski definition) is 1. The number of aliphatic hydroxyl groups is 1. The summed E-state index contributed by atoms with van der Waals surface area (Å²) in [5, 5.41) is 9.16. The van der Waals surface area contributed by atoms with E-state index in [0.29, 0.717) is 31.5 Å². The molecule has 1 aliphatic heterocycles. The van der Waals surface area contributed by atoms with Gasteiger partial charge in [-0.25, -0.2) is 0 Å². The van der Waals surface area contributed by atoms with Crippen LogP contribution in [-0.4, -0.2) is 35.6 Å². The first-order valence-electron chi connectivity index (χ1n) is 7.95. The largest absolute Gasteiger partial charge is 0.416 e. The van der Waals surface area contributed by atoms with Crippen LogP contribution >= 0.6 is 0 Å². The Hall–Kier alpha value is -1.56. The van der Waals surface area contributed by atoms with Gasteiger partial charge < -0.3 is 10.0 Å². The van der Waals surface area contributed by atoms with Crippen molar-refractivity contribution in [2.45, 2.75) is 37.3 Å². The predicted molar refractivity (Wildman–Crippen MR) is 78.7 cm³/mol. The van der Waals surface area contributed by atoms with E-state index < -0.39 is 17.2 Å². The number of piperidine rings is 1. The van der Waals surface area contributed by atoms with Crippen molar-refractivity contribution < 1.29 is 23.1 Å². The first-order chi connectivity index (χ1) is 10.9. The maximum Gasteiger partial charge on any atom is 0.416 e. The molecule has 23 heavy (non-hydrogen) atoms. The molecule has 3 nitrogen and oxygen atoms in total. The summed E-state index contributed by atoms with van der Waals surface area (Å²) in [4.78, 5) is 14.6. The fourth-order valence-electron chi connectivity index (χ4n) is 3.37. The first-order valence-corrected chi connectivity index (χ1v) is 7.95. The van der Waals surface area contributed by atoms with Crippen LogP contribution in [0.3, 0.4) is 0 Å². The van der Waals surface area contributed by atoms with Crippen molar-refractivity contribution in [3.05, 3.63) is 35.4 Å². The average Bonchev–Trinajstić information content (AvgIpc) is 3.35. The molecule has 6 heteroatoms. The number of hydrogen-bond acceptors (Lipinski definition) is 2. The van der Waals surface area contributed by atoms with Gasteiger partial charge in [0, 0.05) is 19.7 Å². The van der Waals surface area contributed by atoms with Crippen LogP contribution < -0.4 is 0 Å². The van der Waals surface area contributed by atoms with E-state index in [9.17, 15) is 18.0 Å². The minimum absolute atomic E-state index is 0.0618. The van der Waals surface area contributed by atoms with Gasteiger partial charge >= 0.3 is 6.18 Å². The van der Waals surface area contributed by atoms with Gasteiger partial charge in [0.15, 0.2) is 0 Å². The number of halogens is 3. The Morgan fingerprint density at radius 1 is 1.26 bits per heavy atom. The van der Waals surface area contributed by atoms with Crippen molar-refractivity contribution in [3.8, 4) is 0 Å². The molecule has 1 saturated carbocycles. The third kappa shape index (κ3) is 3.09. The van der Waals surface area contributed by atoms with Gasteiger partial charge in [0.05, 0.1) is 11.0 Å². The number of carbonyl (C=O) groups excluding carboxylic acids is 1. The SMILES string of the molecule is O=C(N1CCC(CO)CC1)C1(c2cccc(C(F)(F)F)c2)CC1. The van der Waals surface area contributed by atoms with Gasteiger partial charge in [-0.15, -0.1) is 0 Å². The summed E-state index contributed by atoms with van der Waals surface area (Å²) in [7, 11) is 0. The van der Waals surface area contributed by atoms with Gasteiger partial charge in [-0.05, 0) is 43.2 Å². The van der Waals surface area contributed by atoms with Gasteiger partial charge in [-0.1, -0.05) is 18.2 Å². The number of amides is 1. The average molecular weight is 327 g/mol. The second-order valence-electron chi connectivity index (χ2n) is 6.58. The van der Waals surface area contributed by atoms with Gasteiger partial charge in [0.2, 0.25) is 5.91 Å². The number of alkyl halides is 3. The van der Waals surface area contributed by atoms with E-state index >= 15 is 0 Å². The molecule has 2 aliphatic rings. The quantitative estimate of drug-likeness (QED) is 0.927. The van der Waals surface area contributed by atoms with Gasteiger partial charge in [0.25, 0.3) is 0 Å². The molecule has 1 aliphatic carbocycles. The normalized spacial score (nSPS) is 21.3. The van der Waals surface area contributed by atoms with Crippen LogP contribution in [0.1, 0.15) is 36.8 Å². The van der Waals surface area contributed by atoms with Crippen LogP contribution in [0.15, 0.2) is 24.3 Å². The zero-order valence-corrected chi connectivity index (χ0v) is 12.8. The second kappa shape index (κ2) is 5.82. The van der Waals surface area contributed by atoms with Gasteiger partial charge in [-0.2, -0.15) is 13.2 Å². The Labute approximate surface area is 133 Å². The lowest BCUT2D eigenvalue weighted by molar-refractivity contribution is -0.138. The molecular formula is C17H20F3NO2. The third-order valence-electron chi connectivity index (χ3n) is 5.06. The summed E-state index contributed by atoms with van der Waals surface area (Å²) in [6.45, 7) is 1.27. The monoisotopic (exact) mass is 327 g/mol. The number of nitrogens with zero attached hydrogens (tertiary/aromatic N) is 1. The predicted octanol–water partition coefficient (Wildman–Crippen LogP) is 2.97. The highest BCUT2D eigenvalue weighted by atomic mass is 19.4. The Morgan fingerprint density at radius 3 is 2.43 bits per heavy atom. The molecule has 0 radical (unpaired) electrons. The maximum atomic E-state index is 12.9. The molecule has 0 spiro atoms. The molecule has 0 atom stereocenters. The standard InChI is InChI=1S/C17H20F3NO2/c18-17(19,20)14-3-1-2-13(10-14)16(6-7-16)15(23)21-8-4-12(11-22)5-9-21/h1-3,10,12,22H,4-9,11H2. The molecule has 1 heterocycles. The molecule has 0 bridgehead atoms. The highest BCUT2D eigenvalue weighted by molar-refractivity contribution is 5.91. The summed E-state index contributed by atoms with van der Waals surface area (Å²) < 4.78 is 38.7. The van der Waals surface area contributed by atoms with Crippen LogP contribution in [-0.2, 0) is 16.4 Å². The summed E-state index contributed by atoms with van der Waals surface area (Å²) in [6, 6.07) is 5.16. The van der Waals surface area contributed by atoms with Crippen molar-refractivity contribution in [1.82, 2.24) is 4.90 Å². The highest BCUT2D eigenvalue weighted by Crippen LogP contribution is 2.50. The number of benzene rings is 1. The lowest BCUT2D eigenvalue weighted by Crippen LogP contribution is -2.44. The van der Waals surface area contributed by atoms with E-state index in [-0.39, 0.29) is 18.4 Å². The first kappa shape index (κ1) is 16.3. The van der Waals surface area contributed by atoms with Crippen molar-refractivity contribution in [2.75, 3.05) is 19.7 Å². The Kier molecular flexibility index (Phi) is 4.12. The minimum atomic E-state index is -4.39. The highest BCUT2D eigenvalue weighted by Gasteiger charge is 2.53. The Morgan fingerprint density at radius 2 is 1.91 bits per heavy atom. The van der Waals surface area contributed by atoms with Crippen molar-refractivity contribution in [1.29, 1.82) is 0 Å². The van der Waals surface area contributed by atoms with Crippen molar-refractivity contribution in [2.24, 2.45) is 5.92 Å². The minimum Gasteiger partial charge on any atom is -0.396 e. The summed E-state index contributed by atoms with van der Waals surface area (Å²) in [6.07, 6.45) is -1.68. The van der Waals surface area contributed by atoms with E-state index in [4.69, 9.17) is 5.11 Å². The van der Waals surface area contributed by atoms with Crippen molar-refractivity contribution in [3.63, 3.8) is 0 Å². The number of likely N-dealkylation sites (tertiary alicyclic amines) is 1. The van der Waals surface area contributed by atoms with E-state index in [2.05, 4.69) is 0 Å². The molecule has 0 aromatic heterocycles. The third-order valence-corrected chi connectivity index (χ3v) is 5.06. The second-order valence-corrected chi connectivity index (χ2v) is 6.58. The zero-order chi connectivity index (χ0) is 16.7. The smallest absolute Gasteiger partial charge is 0.396 e. The van der Waals surface area contributed by atoms with E-state index in [1.54, 1.807) is 11.0 Å². The van der Waals surface area contributed by atoms with E-state index in [0.717, 1.165) is 25.0 Å². The number of rotatable bonds is 3. The Bertz CT molecular complexity index is 588. The van der Waals surface area contributed by atoms with Crippen LogP contribution in [0.4, 0.5) is 13.2 Å². The van der Waals surface area contributed by atoms with Crippen LogP contribution in [0.5, 0.6) is 0 Å². The fourth-order valence-corrected chi connectivity index (χ4v) is 3.37. The lowest BCUT2D eigenvalue weighted by atomic mass is 9.90. The van der Waals surface area contributed by atoms with Crippen LogP contribution in [0, 0.1) is 5.92 Å². The van der Waals surface area contributed by atoms with Gasteiger partial charge in [0.1, 0.15) is 0 Å². The molecule has 126 valence electrons. The van der Waals surface area contributed by atoms with Crippen LogP contribution in [0.25, 0.3) is 0 Å². The number of aliphatic hydroxyl groups excluding tert-OH is 1. The summed E-state index contributed by atoms with van der Waals surface area (Å²) in [5.74, 6) is 0.163. The molecular weight excluding hydrogens is 307 g/mol. The van der Waals surface area contributed by atoms with Gasteiger partial charge in [-0.3, -0.25) is 4.79 Å². The molecule has 1 N–H and O–H groups in total. The molecule has 0 unspecified atom stereocenters. The number of carbonyl (C=O) groups is 1. The Balaban J connectivity index is 1.79. The summed E-state index contributed by atoms with van der Waals surface area (Å²) >= 11 is 0. The zero-order valence-electron chi connectivity index (χ0n) is 12.8. The topological polar surface area (TPSA) is 40.5 Å². The molecule has 1 saturated heterocycles. The van der Waals surface area contributed by atoms with Crippen LogP contribution in [0.2, 0.25) is 0 Å². The van der Waals surface area contributed by atoms with Crippen molar-refractivity contribution >= 4 is 5.91 Å². The molecule has 1 amide bonds. The summed E-state index contributed by atoms with van der Waals surface area (Å²) in [5.41, 5.74) is -0.998. The van der Waals surface area contributed by atoms with E-state index in [1.807, 2.05) is 0 Å². The molecule has 2 fully saturated rings. The maximum absolute atomic E-state index is 12.9. The molecule has 1 aromatic rings. The molecule has 3 rings (SSSR count). The fraction of sp³-hybridized carbons (Fsp3) is 0.588. The molecule has 1 aromatic carbocycles. The lowest BCUT2D eigenvalue weighted by Gasteiger charge is -2.34.